The molecule has 0 unspecified atom stereocenters. The number of amides is 1. The van der Waals surface area contributed by atoms with Crippen LogP contribution in [0.2, 0.25) is 0 Å². The van der Waals surface area contributed by atoms with Gasteiger partial charge in [-0.1, -0.05) is 13.0 Å². The monoisotopic (exact) mass is 257 g/mol. The molecule has 0 atom stereocenters. The number of nitrogens with zero attached hydrogens (tertiary/aromatic N) is 2. The molecule has 0 radical (unpaired) electrons. The molecule has 4 nitrogen and oxygen atoms in total. The van der Waals surface area contributed by atoms with Gasteiger partial charge in [-0.25, -0.2) is 4.98 Å². The van der Waals surface area contributed by atoms with Gasteiger partial charge in [0.2, 0.25) is 0 Å². The second-order valence-electron chi connectivity index (χ2n) is 5.50. The molecule has 1 amide bonds. The van der Waals surface area contributed by atoms with Crippen molar-refractivity contribution in [2.24, 2.45) is 5.92 Å². The number of likely N-dealkylation sites (tertiary alicyclic amines) is 1. The van der Waals surface area contributed by atoms with Crippen molar-refractivity contribution < 1.29 is 4.79 Å². The quantitative estimate of drug-likeness (QED) is 0.854. The number of aryl methyl sites for hydroxylation is 1. The van der Waals surface area contributed by atoms with E-state index in [1.165, 1.54) is 0 Å². The molecular formula is C15H19N3O. The van der Waals surface area contributed by atoms with E-state index in [1.54, 1.807) is 0 Å². The maximum atomic E-state index is 12.6. The number of hydrogen-bond acceptors (Lipinski definition) is 2. The van der Waals surface area contributed by atoms with Crippen LogP contribution >= 0.6 is 0 Å². The van der Waals surface area contributed by atoms with Crippen LogP contribution in [-0.4, -0.2) is 33.9 Å². The molecule has 100 valence electrons. The van der Waals surface area contributed by atoms with Crippen LogP contribution in [0.4, 0.5) is 0 Å². The van der Waals surface area contributed by atoms with Crippen LogP contribution in [-0.2, 0) is 0 Å². The van der Waals surface area contributed by atoms with Gasteiger partial charge in [0.05, 0.1) is 11.1 Å². The highest BCUT2D eigenvalue weighted by atomic mass is 16.2. The van der Waals surface area contributed by atoms with Crippen LogP contribution in [0.3, 0.4) is 0 Å². The van der Waals surface area contributed by atoms with E-state index >= 15 is 0 Å². The second kappa shape index (κ2) is 4.68. The summed E-state index contributed by atoms with van der Waals surface area (Å²) in [4.78, 5) is 22.2. The third-order valence-corrected chi connectivity index (χ3v) is 3.93. The van der Waals surface area contributed by atoms with Crippen molar-refractivity contribution in [2.45, 2.75) is 26.7 Å². The Kier molecular flexibility index (Phi) is 3.01. The highest BCUT2D eigenvalue weighted by Crippen LogP contribution is 2.22. The summed E-state index contributed by atoms with van der Waals surface area (Å²) in [7, 11) is 0. The van der Waals surface area contributed by atoms with Gasteiger partial charge in [-0.05, 0) is 37.8 Å². The molecule has 0 spiro atoms. The number of rotatable bonds is 1. The number of fused-ring (bicyclic) bond motifs is 1. The number of carbonyl (C=O) groups excluding carboxylic acids is 1. The molecule has 3 rings (SSSR count). The van der Waals surface area contributed by atoms with Gasteiger partial charge in [-0.2, -0.15) is 0 Å². The fraction of sp³-hybridized carbons (Fsp3) is 0.467. The van der Waals surface area contributed by atoms with Gasteiger partial charge in [0.15, 0.2) is 0 Å². The van der Waals surface area contributed by atoms with E-state index in [1.807, 2.05) is 30.0 Å². The zero-order chi connectivity index (χ0) is 13.4. The highest BCUT2D eigenvalue weighted by molar-refractivity contribution is 6.04. The minimum absolute atomic E-state index is 0.115. The van der Waals surface area contributed by atoms with Crippen LogP contribution in [0, 0.1) is 12.8 Å². The van der Waals surface area contributed by atoms with Gasteiger partial charge in [0.1, 0.15) is 11.3 Å². The van der Waals surface area contributed by atoms with Crippen molar-refractivity contribution in [3.63, 3.8) is 0 Å². The van der Waals surface area contributed by atoms with Crippen molar-refractivity contribution in [1.82, 2.24) is 14.9 Å². The molecule has 0 bridgehead atoms. The molecule has 0 saturated carbocycles. The Balaban J connectivity index is 1.93. The number of aromatic nitrogens is 2. The first-order valence-electron chi connectivity index (χ1n) is 6.90. The van der Waals surface area contributed by atoms with Gasteiger partial charge in [-0.15, -0.1) is 0 Å². The zero-order valence-corrected chi connectivity index (χ0v) is 11.4. The normalized spacial score (nSPS) is 17.1. The van der Waals surface area contributed by atoms with E-state index in [-0.39, 0.29) is 5.91 Å². The van der Waals surface area contributed by atoms with Gasteiger partial charge in [0.25, 0.3) is 5.91 Å². The van der Waals surface area contributed by atoms with Gasteiger partial charge >= 0.3 is 0 Å². The lowest BCUT2D eigenvalue weighted by molar-refractivity contribution is 0.0699. The summed E-state index contributed by atoms with van der Waals surface area (Å²) in [6.45, 7) is 5.88. The molecule has 1 aromatic carbocycles. The van der Waals surface area contributed by atoms with Crippen LogP contribution in [0.25, 0.3) is 11.0 Å². The minimum Gasteiger partial charge on any atom is -0.342 e. The summed E-state index contributed by atoms with van der Waals surface area (Å²) in [6, 6.07) is 5.76. The lowest BCUT2D eigenvalue weighted by Gasteiger charge is -2.30. The van der Waals surface area contributed by atoms with Crippen LogP contribution in [0.1, 0.15) is 35.9 Å². The second-order valence-corrected chi connectivity index (χ2v) is 5.50. The van der Waals surface area contributed by atoms with Gasteiger partial charge in [0, 0.05) is 13.1 Å². The minimum atomic E-state index is 0.115. The Labute approximate surface area is 112 Å². The van der Waals surface area contributed by atoms with Crippen LogP contribution in [0.5, 0.6) is 0 Å². The lowest BCUT2D eigenvalue weighted by atomic mass is 9.98. The fourth-order valence-corrected chi connectivity index (χ4v) is 2.71. The summed E-state index contributed by atoms with van der Waals surface area (Å²) in [5.41, 5.74) is 2.45. The number of para-hydroxylation sites is 1. The summed E-state index contributed by atoms with van der Waals surface area (Å²) >= 11 is 0. The van der Waals surface area contributed by atoms with Crippen LogP contribution < -0.4 is 0 Å². The molecule has 1 saturated heterocycles. The predicted octanol–water partition coefficient (Wildman–Crippen LogP) is 2.74. The van der Waals surface area contributed by atoms with E-state index in [0.717, 1.165) is 54.3 Å². The number of imidazole rings is 1. The standard InChI is InChI=1S/C15H19N3O/c1-10-6-8-18(9-7-10)15(19)12-4-3-5-13-14(12)17-11(2)16-13/h3-5,10H,6-9H2,1-2H3,(H,16,17). The topological polar surface area (TPSA) is 49.0 Å². The number of nitrogens with one attached hydrogen (secondary N) is 1. The van der Waals surface area contributed by atoms with Crippen molar-refractivity contribution in [1.29, 1.82) is 0 Å². The number of carbonyl (C=O) groups is 1. The summed E-state index contributed by atoms with van der Waals surface area (Å²) in [6.07, 6.45) is 2.20. The Morgan fingerprint density at radius 3 is 2.84 bits per heavy atom. The van der Waals surface area contributed by atoms with Gasteiger partial charge < -0.3 is 9.88 Å². The maximum absolute atomic E-state index is 12.6. The van der Waals surface area contributed by atoms with Crippen molar-refractivity contribution in [2.75, 3.05) is 13.1 Å². The molecule has 1 fully saturated rings. The maximum Gasteiger partial charge on any atom is 0.256 e. The van der Waals surface area contributed by atoms with E-state index in [4.69, 9.17) is 0 Å². The van der Waals surface area contributed by atoms with Crippen molar-refractivity contribution in [3.8, 4) is 0 Å². The molecule has 1 aliphatic rings. The summed E-state index contributed by atoms with van der Waals surface area (Å²) in [5.74, 6) is 1.69. The van der Waals surface area contributed by atoms with E-state index in [0.29, 0.717) is 0 Å². The van der Waals surface area contributed by atoms with Gasteiger partial charge in [-0.3, -0.25) is 4.79 Å². The van der Waals surface area contributed by atoms with Crippen molar-refractivity contribution >= 4 is 16.9 Å². The number of hydrogen-bond donors (Lipinski definition) is 1. The lowest BCUT2D eigenvalue weighted by Crippen LogP contribution is -2.38. The molecule has 1 aliphatic heterocycles. The number of H-pyrrole nitrogens is 1. The molecule has 4 heteroatoms. The van der Waals surface area contributed by atoms with E-state index in [9.17, 15) is 4.79 Å². The summed E-state index contributed by atoms with van der Waals surface area (Å²) < 4.78 is 0. The SMILES string of the molecule is Cc1nc2c(C(=O)N3CCC(C)CC3)cccc2[nH]1. The first kappa shape index (κ1) is 12.2. The molecular weight excluding hydrogens is 238 g/mol. The number of piperidine rings is 1. The molecule has 1 N–H and O–H groups in total. The Morgan fingerprint density at radius 1 is 1.37 bits per heavy atom. The largest absolute Gasteiger partial charge is 0.342 e. The Morgan fingerprint density at radius 2 is 2.11 bits per heavy atom. The van der Waals surface area contributed by atoms with E-state index < -0.39 is 0 Å². The molecule has 2 aromatic rings. The Bertz CT molecular complexity index is 609. The third kappa shape index (κ3) is 2.23. The fourth-order valence-electron chi connectivity index (χ4n) is 2.71. The van der Waals surface area contributed by atoms with E-state index in [2.05, 4.69) is 16.9 Å². The molecule has 19 heavy (non-hydrogen) atoms. The average molecular weight is 257 g/mol. The number of aromatic amines is 1. The molecule has 0 aliphatic carbocycles. The summed E-state index contributed by atoms with van der Waals surface area (Å²) in [5, 5.41) is 0. The first-order chi connectivity index (χ1) is 9.15. The Hall–Kier alpha value is -1.84. The zero-order valence-electron chi connectivity index (χ0n) is 11.4. The molecule has 2 heterocycles. The third-order valence-electron chi connectivity index (χ3n) is 3.93. The average Bonchev–Trinajstić information content (AvgIpc) is 2.78. The van der Waals surface area contributed by atoms with Crippen LogP contribution in [0.15, 0.2) is 18.2 Å². The van der Waals surface area contributed by atoms with Crippen molar-refractivity contribution in [3.05, 3.63) is 29.6 Å². The first-order valence-corrected chi connectivity index (χ1v) is 6.90. The molecule has 1 aromatic heterocycles. The number of benzene rings is 1. The smallest absolute Gasteiger partial charge is 0.256 e. The highest BCUT2D eigenvalue weighted by Gasteiger charge is 2.23. The predicted molar refractivity (Wildman–Crippen MR) is 75.1 cm³/mol.